The SMILES string of the molecule is COc1ccc2c3c1OC1C(OC(=O)CCC(=O)O[C@@H](C)C(=O)O)=CC[C@@]4(O)[C@@H](C2)N(C)CCC314. The van der Waals surface area contributed by atoms with Gasteiger partial charge >= 0.3 is 17.9 Å². The summed E-state index contributed by atoms with van der Waals surface area (Å²) in [5.41, 5.74) is 0.123. The summed E-state index contributed by atoms with van der Waals surface area (Å²) in [6.07, 6.45) is 0.689. The Kier molecular flexibility index (Phi) is 5.56. The number of aliphatic carboxylic acids is 1. The summed E-state index contributed by atoms with van der Waals surface area (Å²) < 4.78 is 22.4. The van der Waals surface area contributed by atoms with Crippen molar-refractivity contribution in [2.24, 2.45) is 0 Å². The monoisotopic (exact) mass is 487 g/mol. The van der Waals surface area contributed by atoms with Crippen LogP contribution < -0.4 is 9.47 Å². The smallest absolute Gasteiger partial charge is 0.344 e. The van der Waals surface area contributed by atoms with Crippen molar-refractivity contribution >= 4 is 17.9 Å². The highest BCUT2D eigenvalue weighted by atomic mass is 16.6. The molecule has 10 nitrogen and oxygen atoms in total. The van der Waals surface area contributed by atoms with Gasteiger partial charge in [-0.2, -0.15) is 0 Å². The van der Waals surface area contributed by atoms with E-state index in [2.05, 4.69) is 4.90 Å². The lowest BCUT2D eigenvalue weighted by atomic mass is 9.50. The van der Waals surface area contributed by atoms with Gasteiger partial charge < -0.3 is 34.1 Å². The molecule has 0 amide bonds. The molecule has 188 valence electrons. The summed E-state index contributed by atoms with van der Waals surface area (Å²) in [5.74, 6) is -1.28. The van der Waals surface area contributed by atoms with Gasteiger partial charge in [-0.1, -0.05) is 6.07 Å². The Bertz CT molecular complexity index is 1130. The van der Waals surface area contributed by atoms with E-state index in [1.807, 2.05) is 19.2 Å². The molecule has 1 aromatic rings. The third-order valence-corrected chi connectivity index (χ3v) is 7.98. The molecule has 2 bridgehead atoms. The van der Waals surface area contributed by atoms with Crippen LogP contribution in [0.3, 0.4) is 0 Å². The molecule has 10 heteroatoms. The first-order valence-electron chi connectivity index (χ1n) is 11.7. The van der Waals surface area contributed by atoms with Crippen molar-refractivity contribution in [1.82, 2.24) is 4.90 Å². The van der Waals surface area contributed by atoms with E-state index in [4.69, 9.17) is 24.1 Å². The highest BCUT2D eigenvalue weighted by Gasteiger charge is 2.72. The van der Waals surface area contributed by atoms with Crippen LogP contribution in [0.15, 0.2) is 24.0 Å². The summed E-state index contributed by atoms with van der Waals surface area (Å²) in [4.78, 5) is 37.6. The number of benzene rings is 1. The first-order valence-corrected chi connectivity index (χ1v) is 11.7. The van der Waals surface area contributed by atoms with E-state index in [9.17, 15) is 19.5 Å². The number of hydrogen-bond donors (Lipinski definition) is 2. The molecule has 5 rings (SSSR count). The molecule has 0 saturated carbocycles. The minimum absolute atomic E-state index is 0.117. The van der Waals surface area contributed by atoms with Crippen LogP contribution in [0.1, 0.15) is 43.7 Å². The Morgan fingerprint density at radius 1 is 1.26 bits per heavy atom. The lowest BCUT2D eigenvalue weighted by Gasteiger charge is -2.61. The molecule has 1 spiro atoms. The topological polar surface area (TPSA) is 132 Å². The van der Waals surface area contributed by atoms with Crippen LogP contribution in [0, 0.1) is 0 Å². The molecule has 4 aliphatic rings. The second-order valence-electron chi connectivity index (χ2n) is 9.73. The molecular weight excluding hydrogens is 458 g/mol. The second kappa shape index (κ2) is 8.23. The highest BCUT2D eigenvalue weighted by Crippen LogP contribution is 2.65. The maximum Gasteiger partial charge on any atom is 0.344 e. The number of ether oxygens (including phenoxy) is 4. The van der Waals surface area contributed by atoms with E-state index in [0.717, 1.165) is 17.7 Å². The first-order chi connectivity index (χ1) is 16.6. The Morgan fingerprint density at radius 3 is 2.71 bits per heavy atom. The van der Waals surface area contributed by atoms with Gasteiger partial charge in [-0.3, -0.25) is 9.59 Å². The van der Waals surface area contributed by atoms with E-state index in [1.165, 1.54) is 6.92 Å². The molecule has 35 heavy (non-hydrogen) atoms. The number of piperidine rings is 1. The van der Waals surface area contributed by atoms with Crippen LogP contribution in [0.4, 0.5) is 0 Å². The quantitative estimate of drug-likeness (QED) is 0.543. The maximum absolute atomic E-state index is 12.6. The minimum Gasteiger partial charge on any atom is -0.493 e. The molecule has 0 radical (unpaired) electrons. The second-order valence-corrected chi connectivity index (χ2v) is 9.73. The molecular formula is C25H29NO9. The zero-order chi connectivity index (χ0) is 25.1. The van der Waals surface area contributed by atoms with Gasteiger partial charge in [0.15, 0.2) is 23.7 Å². The van der Waals surface area contributed by atoms with E-state index in [-0.39, 0.29) is 18.9 Å². The van der Waals surface area contributed by atoms with Crippen LogP contribution in [-0.4, -0.2) is 77.6 Å². The highest BCUT2D eigenvalue weighted by molar-refractivity contribution is 5.81. The molecule has 2 heterocycles. The normalized spacial score (nSPS) is 30.9. The first kappa shape index (κ1) is 23.6. The van der Waals surface area contributed by atoms with Crippen molar-refractivity contribution < 1.29 is 43.5 Å². The number of nitrogens with zero attached hydrogens (tertiary/aromatic N) is 1. The van der Waals surface area contributed by atoms with E-state index in [0.29, 0.717) is 36.5 Å². The molecule has 2 aliphatic carbocycles. The van der Waals surface area contributed by atoms with Gasteiger partial charge in [0.25, 0.3) is 0 Å². The number of aliphatic hydroxyl groups is 1. The number of rotatable bonds is 7. The largest absolute Gasteiger partial charge is 0.493 e. The Balaban J connectivity index is 1.41. The van der Waals surface area contributed by atoms with Gasteiger partial charge in [0.05, 0.1) is 31.0 Å². The van der Waals surface area contributed by atoms with Gasteiger partial charge in [-0.25, -0.2) is 4.79 Å². The Morgan fingerprint density at radius 2 is 2.00 bits per heavy atom. The third-order valence-electron chi connectivity index (χ3n) is 7.98. The lowest BCUT2D eigenvalue weighted by molar-refractivity contribution is -0.170. The van der Waals surface area contributed by atoms with E-state index >= 15 is 0 Å². The van der Waals surface area contributed by atoms with Gasteiger partial charge in [-0.05, 0) is 51.1 Å². The number of esters is 2. The number of carboxylic acids is 1. The van der Waals surface area contributed by atoms with Gasteiger partial charge in [0, 0.05) is 18.0 Å². The number of likely N-dealkylation sites (N-methyl/N-ethyl adjacent to an activating group) is 1. The molecule has 2 aliphatic heterocycles. The number of carbonyl (C=O) groups excluding carboxylic acids is 2. The molecule has 2 N–H and O–H groups in total. The molecule has 1 saturated heterocycles. The number of carboxylic acid groups (broad SMARTS) is 1. The fourth-order valence-electron chi connectivity index (χ4n) is 6.28. The van der Waals surface area contributed by atoms with Crippen LogP contribution in [0.5, 0.6) is 11.5 Å². The summed E-state index contributed by atoms with van der Waals surface area (Å²) in [5, 5.41) is 21.0. The summed E-state index contributed by atoms with van der Waals surface area (Å²) in [7, 11) is 3.58. The molecule has 0 aromatic heterocycles. The number of carbonyl (C=O) groups is 3. The van der Waals surface area contributed by atoms with Crippen LogP contribution in [-0.2, 0) is 35.7 Å². The van der Waals surface area contributed by atoms with Crippen LogP contribution >= 0.6 is 0 Å². The number of methoxy groups -OCH3 is 1. The lowest BCUT2D eigenvalue weighted by Crippen LogP contribution is -2.74. The van der Waals surface area contributed by atoms with Crippen LogP contribution in [0.2, 0.25) is 0 Å². The summed E-state index contributed by atoms with van der Waals surface area (Å²) in [6, 6.07) is 3.76. The Hall–Kier alpha value is -3.11. The average molecular weight is 488 g/mol. The fourth-order valence-corrected chi connectivity index (χ4v) is 6.28. The summed E-state index contributed by atoms with van der Waals surface area (Å²) in [6.45, 7) is 1.99. The predicted octanol–water partition coefficient (Wildman–Crippen LogP) is 1.31. The van der Waals surface area contributed by atoms with Crippen LogP contribution in [0.25, 0.3) is 0 Å². The molecule has 5 atom stereocenters. The minimum atomic E-state index is -1.30. The van der Waals surface area contributed by atoms with Gasteiger partial charge in [-0.15, -0.1) is 0 Å². The molecule has 1 aromatic carbocycles. The van der Waals surface area contributed by atoms with E-state index in [1.54, 1.807) is 13.2 Å². The van der Waals surface area contributed by atoms with Crippen molar-refractivity contribution in [1.29, 1.82) is 0 Å². The van der Waals surface area contributed by atoms with Gasteiger partial charge in [0.1, 0.15) is 5.76 Å². The third kappa shape index (κ3) is 3.34. The van der Waals surface area contributed by atoms with Gasteiger partial charge in [0.2, 0.25) is 0 Å². The fraction of sp³-hybridized carbons (Fsp3) is 0.560. The predicted molar refractivity (Wildman–Crippen MR) is 120 cm³/mol. The molecule has 2 unspecified atom stereocenters. The number of hydrogen-bond acceptors (Lipinski definition) is 9. The van der Waals surface area contributed by atoms with E-state index < -0.39 is 41.1 Å². The average Bonchev–Trinajstić information content (AvgIpc) is 3.17. The van der Waals surface area contributed by atoms with Crippen molar-refractivity contribution in [2.75, 3.05) is 20.7 Å². The van der Waals surface area contributed by atoms with Crippen molar-refractivity contribution in [2.45, 2.75) is 68.3 Å². The molecule has 1 fully saturated rings. The zero-order valence-electron chi connectivity index (χ0n) is 19.9. The van der Waals surface area contributed by atoms with Crippen molar-refractivity contribution in [3.8, 4) is 11.5 Å². The number of likely N-dealkylation sites (tertiary alicyclic amines) is 1. The van der Waals surface area contributed by atoms with Crippen molar-refractivity contribution in [3.05, 3.63) is 35.1 Å². The maximum atomic E-state index is 12.6. The van der Waals surface area contributed by atoms with Crippen molar-refractivity contribution in [3.63, 3.8) is 0 Å². The summed E-state index contributed by atoms with van der Waals surface area (Å²) >= 11 is 0. The standard InChI is InChI=1S/C25H29NO9/c1-13(23(29)30)33-18(27)6-7-19(28)34-16-8-9-25(31)17-12-14-4-5-15(32-3)21-20(14)24(25,22(16)35-21)10-11-26(17)2/h4-5,8,13,17,22,31H,6-7,9-12H2,1-3H3,(H,29,30)/t13-,17+,22?,24?,25+/m0/s1. The zero-order valence-corrected chi connectivity index (χ0v) is 19.9. The Labute approximate surface area is 202 Å².